The number of amides is 2. The molecule has 0 radical (unpaired) electrons. The third-order valence-electron chi connectivity index (χ3n) is 3.88. The zero-order valence-electron chi connectivity index (χ0n) is 14.0. The second kappa shape index (κ2) is 7.75. The van der Waals surface area contributed by atoms with Crippen LogP contribution in [0.5, 0.6) is 0 Å². The Bertz CT molecular complexity index is 363. The lowest BCUT2D eigenvalue weighted by Crippen LogP contribution is -2.61. The van der Waals surface area contributed by atoms with Crippen molar-refractivity contribution in [2.75, 3.05) is 39.3 Å². The van der Waals surface area contributed by atoms with Crippen LogP contribution in [0.15, 0.2) is 0 Å². The second-order valence-electron chi connectivity index (χ2n) is 6.34. The van der Waals surface area contributed by atoms with Gasteiger partial charge < -0.3 is 15.5 Å². The van der Waals surface area contributed by atoms with Crippen molar-refractivity contribution in [3.05, 3.63) is 0 Å². The Kier molecular flexibility index (Phi) is 6.61. The standard InChI is InChI=1S/C15H30N4O2/c1-6-18(11-13(20)17-12(2)3)14(21)15(4,5)19-9-7-16-8-10-19/h12,16H,6-11H2,1-5H3,(H,17,20). The van der Waals surface area contributed by atoms with E-state index in [4.69, 9.17) is 0 Å². The molecule has 0 aromatic heterocycles. The molecule has 1 aliphatic heterocycles. The molecule has 0 spiro atoms. The van der Waals surface area contributed by atoms with Crippen LogP contribution in [0.25, 0.3) is 0 Å². The maximum absolute atomic E-state index is 12.8. The topological polar surface area (TPSA) is 64.7 Å². The van der Waals surface area contributed by atoms with E-state index in [1.165, 1.54) is 0 Å². The Morgan fingerprint density at radius 2 is 1.86 bits per heavy atom. The van der Waals surface area contributed by atoms with Crippen LogP contribution >= 0.6 is 0 Å². The number of rotatable bonds is 6. The highest BCUT2D eigenvalue weighted by Gasteiger charge is 2.38. The molecule has 0 aliphatic carbocycles. The molecular weight excluding hydrogens is 268 g/mol. The molecule has 1 heterocycles. The zero-order chi connectivity index (χ0) is 16.0. The van der Waals surface area contributed by atoms with Gasteiger partial charge in [-0.1, -0.05) is 0 Å². The van der Waals surface area contributed by atoms with Crippen LogP contribution in [-0.2, 0) is 9.59 Å². The highest BCUT2D eigenvalue weighted by molar-refractivity contribution is 5.89. The Hall–Kier alpha value is -1.14. The molecule has 0 atom stereocenters. The highest BCUT2D eigenvalue weighted by Crippen LogP contribution is 2.18. The summed E-state index contributed by atoms with van der Waals surface area (Å²) in [6.07, 6.45) is 0. The first-order valence-corrected chi connectivity index (χ1v) is 7.83. The number of nitrogens with one attached hydrogen (secondary N) is 2. The van der Waals surface area contributed by atoms with Crippen LogP contribution in [0, 0.1) is 0 Å². The van der Waals surface area contributed by atoms with Crippen molar-refractivity contribution < 1.29 is 9.59 Å². The average molecular weight is 298 g/mol. The van der Waals surface area contributed by atoms with Crippen LogP contribution in [0.1, 0.15) is 34.6 Å². The highest BCUT2D eigenvalue weighted by atomic mass is 16.2. The fraction of sp³-hybridized carbons (Fsp3) is 0.867. The smallest absolute Gasteiger partial charge is 0.242 e. The number of nitrogens with zero attached hydrogens (tertiary/aromatic N) is 2. The van der Waals surface area contributed by atoms with Gasteiger partial charge in [0, 0.05) is 38.8 Å². The molecule has 1 rings (SSSR count). The van der Waals surface area contributed by atoms with Crippen molar-refractivity contribution in [2.45, 2.75) is 46.2 Å². The third kappa shape index (κ3) is 4.97. The molecule has 0 saturated carbocycles. The molecule has 0 aromatic carbocycles. The summed E-state index contributed by atoms with van der Waals surface area (Å²) < 4.78 is 0. The summed E-state index contributed by atoms with van der Waals surface area (Å²) in [5, 5.41) is 6.13. The largest absolute Gasteiger partial charge is 0.352 e. The van der Waals surface area contributed by atoms with Gasteiger partial charge in [-0.25, -0.2) is 0 Å². The van der Waals surface area contributed by atoms with Gasteiger partial charge in [0.2, 0.25) is 11.8 Å². The number of likely N-dealkylation sites (N-methyl/N-ethyl adjacent to an activating group) is 1. The minimum Gasteiger partial charge on any atom is -0.352 e. The molecular formula is C15H30N4O2. The van der Waals surface area contributed by atoms with E-state index in [1.54, 1.807) is 4.90 Å². The van der Waals surface area contributed by atoms with Crippen LogP contribution in [0.3, 0.4) is 0 Å². The number of hydrogen-bond acceptors (Lipinski definition) is 4. The van der Waals surface area contributed by atoms with E-state index < -0.39 is 5.54 Å². The van der Waals surface area contributed by atoms with Gasteiger partial charge in [0.25, 0.3) is 0 Å². The fourth-order valence-corrected chi connectivity index (χ4v) is 2.61. The van der Waals surface area contributed by atoms with E-state index in [-0.39, 0.29) is 24.4 Å². The first kappa shape index (κ1) is 17.9. The van der Waals surface area contributed by atoms with Crippen molar-refractivity contribution in [2.24, 2.45) is 0 Å². The van der Waals surface area contributed by atoms with E-state index in [9.17, 15) is 9.59 Å². The SMILES string of the molecule is CCN(CC(=O)NC(C)C)C(=O)C(C)(C)N1CCNCC1. The van der Waals surface area contributed by atoms with E-state index in [0.29, 0.717) is 6.54 Å². The molecule has 6 heteroatoms. The predicted molar refractivity (Wildman–Crippen MR) is 84.1 cm³/mol. The summed E-state index contributed by atoms with van der Waals surface area (Å²) in [6.45, 7) is 13.8. The van der Waals surface area contributed by atoms with Gasteiger partial charge in [-0.3, -0.25) is 14.5 Å². The van der Waals surface area contributed by atoms with Crippen LogP contribution in [0.2, 0.25) is 0 Å². The Labute approximate surface area is 128 Å². The molecule has 122 valence electrons. The minimum absolute atomic E-state index is 0.0193. The normalized spacial score (nSPS) is 16.9. The van der Waals surface area contributed by atoms with Gasteiger partial charge in [0.15, 0.2) is 0 Å². The molecule has 2 amide bonds. The Morgan fingerprint density at radius 1 is 1.29 bits per heavy atom. The van der Waals surface area contributed by atoms with Gasteiger partial charge in [-0.05, 0) is 34.6 Å². The van der Waals surface area contributed by atoms with Crippen molar-refractivity contribution in [3.63, 3.8) is 0 Å². The van der Waals surface area contributed by atoms with Crippen molar-refractivity contribution in [3.8, 4) is 0 Å². The van der Waals surface area contributed by atoms with Gasteiger partial charge in [-0.2, -0.15) is 0 Å². The molecule has 0 aromatic rings. The number of carbonyl (C=O) groups is 2. The quantitative estimate of drug-likeness (QED) is 0.727. The predicted octanol–water partition coefficient (Wildman–Crippen LogP) is 0.0433. The van der Waals surface area contributed by atoms with Crippen molar-refractivity contribution in [1.29, 1.82) is 0 Å². The lowest BCUT2D eigenvalue weighted by molar-refractivity contribution is -0.145. The lowest BCUT2D eigenvalue weighted by atomic mass is 9.99. The summed E-state index contributed by atoms with van der Waals surface area (Å²) >= 11 is 0. The fourth-order valence-electron chi connectivity index (χ4n) is 2.61. The maximum atomic E-state index is 12.8. The van der Waals surface area contributed by atoms with E-state index in [0.717, 1.165) is 26.2 Å². The van der Waals surface area contributed by atoms with Gasteiger partial charge in [-0.15, -0.1) is 0 Å². The first-order valence-electron chi connectivity index (χ1n) is 7.83. The van der Waals surface area contributed by atoms with Crippen LogP contribution in [0.4, 0.5) is 0 Å². The number of hydrogen-bond donors (Lipinski definition) is 2. The summed E-state index contributed by atoms with van der Waals surface area (Å²) in [4.78, 5) is 28.5. The molecule has 2 N–H and O–H groups in total. The molecule has 1 fully saturated rings. The average Bonchev–Trinajstić information content (AvgIpc) is 2.44. The Balaban J connectivity index is 2.69. The first-order chi connectivity index (χ1) is 9.78. The molecule has 6 nitrogen and oxygen atoms in total. The molecule has 1 saturated heterocycles. The summed E-state index contributed by atoms with van der Waals surface area (Å²) in [5.41, 5.74) is -0.573. The summed E-state index contributed by atoms with van der Waals surface area (Å²) in [5.74, 6) is -0.0814. The van der Waals surface area contributed by atoms with E-state index in [1.807, 2.05) is 34.6 Å². The number of carbonyl (C=O) groups excluding carboxylic acids is 2. The lowest BCUT2D eigenvalue weighted by Gasteiger charge is -2.42. The zero-order valence-corrected chi connectivity index (χ0v) is 14.0. The molecule has 0 bridgehead atoms. The van der Waals surface area contributed by atoms with Gasteiger partial charge in [0.1, 0.15) is 0 Å². The second-order valence-corrected chi connectivity index (χ2v) is 6.34. The summed E-state index contributed by atoms with van der Waals surface area (Å²) in [7, 11) is 0. The minimum atomic E-state index is -0.573. The van der Waals surface area contributed by atoms with Crippen molar-refractivity contribution in [1.82, 2.24) is 20.4 Å². The Morgan fingerprint density at radius 3 is 2.33 bits per heavy atom. The molecule has 21 heavy (non-hydrogen) atoms. The van der Waals surface area contributed by atoms with Gasteiger partial charge >= 0.3 is 0 Å². The van der Waals surface area contributed by atoms with E-state index in [2.05, 4.69) is 15.5 Å². The van der Waals surface area contributed by atoms with E-state index >= 15 is 0 Å². The maximum Gasteiger partial charge on any atom is 0.242 e. The molecule has 0 unspecified atom stereocenters. The third-order valence-corrected chi connectivity index (χ3v) is 3.88. The number of piperazine rings is 1. The monoisotopic (exact) mass is 298 g/mol. The van der Waals surface area contributed by atoms with Crippen LogP contribution in [-0.4, -0.2) is 72.5 Å². The molecule has 1 aliphatic rings. The summed E-state index contributed by atoms with van der Waals surface area (Å²) in [6, 6.07) is 0.0903. The van der Waals surface area contributed by atoms with Crippen molar-refractivity contribution >= 4 is 11.8 Å². The van der Waals surface area contributed by atoms with Gasteiger partial charge in [0.05, 0.1) is 12.1 Å². The van der Waals surface area contributed by atoms with Crippen LogP contribution < -0.4 is 10.6 Å².